The molecule has 0 saturated heterocycles. The smallest absolute Gasteiger partial charge is 0.246 e. The molecule has 10 nitrogen and oxygen atoms in total. The number of hydrogen-bond acceptors (Lipinski definition) is 8. The van der Waals surface area contributed by atoms with Crippen molar-refractivity contribution < 1.29 is 9.53 Å². The second-order valence-corrected chi connectivity index (χ2v) is 9.39. The lowest BCUT2D eigenvalue weighted by Gasteiger charge is -2.25. The van der Waals surface area contributed by atoms with Crippen LogP contribution in [0.25, 0.3) is 22.3 Å². The molecule has 4 aromatic heterocycles. The number of fused-ring (bicyclic) bond motifs is 2. The number of aromatic nitrogens is 6. The molecule has 1 amide bonds. The standard InChI is InChI=1S/C28H23ClN8O2/c1-3-26(38)36-10-8-18(9-11-36)21-5-6-22-27(35-21)28(32-15-30-22)34-19-4-7-23(17(2)12-19)39-20-13-24(29)37-25(14-20)31-16-33-37/h3-8,12-16H,1,9-11H2,2H3,(H,30,32,34). The Bertz CT molecular complexity index is 1780. The summed E-state index contributed by atoms with van der Waals surface area (Å²) in [5.74, 6) is 1.78. The van der Waals surface area contributed by atoms with E-state index >= 15 is 0 Å². The summed E-state index contributed by atoms with van der Waals surface area (Å²) >= 11 is 6.29. The van der Waals surface area contributed by atoms with Crippen molar-refractivity contribution in [1.29, 1.82) is 0 Å². The zero-order valence-electron chi connectivity index (χ0n) is 21.0. The number of amides is 1. The normalized spacial score (nSPS) is 13.4. The zero-order valence-corrected chi connectivity index (χ0v) is 21.8. The predicted octanol–water partition coefficient (Wildman–Crippen LogP) is 5.37. The number of ether oxygens (including phenoxy) is 1. The van der Waals surface area contributed by atoms with Gasteiger partial charge in [0, 0.05) is 30.9 Å². The number of nitrogens with one attached hydrogen (secondary N) is 1. The molecule has 6 rings (SSSR count). The number of benzene rings is 1. The highest BCUT2D eigenvalue weighted by molar-refractivity contribution is 6.29. The molecular weight excluding hydrogens is 516 g/mol. The van der Waals surface area contributed by atoms with Gasteiger partial charge in [0.1, 0.15) is 34.8 Å². The summed E-state index contributed by atoms with van der Waals surface area (Å²) < 4.78 is 7.62. The highest BCUT2D eigenvalue weighted by Gasteiger charge is 2.18. The molecule has 5 aromatic rings. The number of carbonyl (C=O) groups is 1. The van der Waals surface area contributed by atoms with Crippen LogP contribution < -0.4 is 10.1 Å². The van der Waals surface area contributed by atoms with Crippen LogP contribution in [0.2, 0.25) is 5.15 Å². The van der Waals surface area contributed by atoms with Crippen molar-refractivity contribution in [3.05, 3.63) is 90.3 Å². The lowest BCUT2D eigenvalue weighted by atomic mass is 10.0. The van der Waals surface area contributed by atoms with Gasteiger partial charge >= 0.3 is 0 Å². The molecule has 1 aliphatic rings. The SMILES string of the molecule is C=CC(=O)N1CC=C(c2ccc3ncnc(Nc4ccc(Oc5cc(Cl)n6ncnc6c5)c(C)c4)c3n2)CC1. The van der Waals surface area contributed by atoms with Crippen LogP contribution in [0.5, 0.6) is 11.5 Å². The fraction of sp³-hybridized carbons (Fsp3) is 0.143. The third-order valence-corrected chi connectivity index (χ3v) is 6.75. The molecule has 11 heteroatoms. The fourth-order valence-electron chi connectivity index (χ4n) is 4.47. The first-order valence-corrected chi connectivity index (χ1v) is 12.6. The van der Waals surface area contributed by atoms with Gasteiger partial charge in [-0.1, -0.05) is 24.3 Å². The molecule has 0 saturated carbocycles. The van der Waals surface area contributed by atoms with Crippen LogP contribution in [0.3, 0.4) is 0 Å². The van der Waals surface area contributed by atoms with E-state index in [9.17, 15) is 4.79 Å². The summed E-state index contributed by atoms with van der Waals surface area (Å²) in [6, 6.07) is 13.1. The van der Waals surface area contributed by atoms with E-state index in [0.717, 1.165) is 28.0 Å². The Hall–Kier alpha value is -4.83. The number of aryl methyl sites for hydroxylation is 1. The van der Waals surface area contributed by atoms with Crippen molar-refractivity contribution in [3.8, 4) is 11.5 Å². The highest BCUT2D eigenvalue weighted by atomic mass is 35.5. The molecule has 0 aliphatic carbocycles. The Morgan fingerprint density at radius 1 is 1.13 bits per heavy atom. The molecule has 0 unspecified atom stereocenters. The topological polar surface area (TPSA) is 110 Å². The van der Waals surface area contributed by atoms with Gasteiger partial charge in [0.05, 0.1) is 11.2 Å². The monoisotopic (exact) mass is 538 g/mol. The lowest BCUT2D eigenvalue weighted by molar-refractivity contribution is -0.125. The first-order chi connectivity index (χ1) is 19.0. The van der Waals surface area contributed by atoms with Crippen LogP contribution in [-0.4, -0.2) is 53.4 Å². The van der Waals surface area contributed by atoms with Crippen LogP contribution in [0.4, 0.5) is 11.5 Å². The van der Waals surface area contributed by atoms with Crippen molar-refractivity contribution in [2.75, 3.05) is 18.4 Å². The molecular formula is C28H23ClN8O2. The quantitative estimate of drug-likeness (QED) is 0.227. The average Bonchev–Trinajstić information content (AvgIpc) is 3.44. The fourth-order valence-corrected chi connectivity index (χ4v) is 4.70. The van der Waals surface area contributed by atoms with Crippen LogP contribution in [0.1, 0.15) is 17.7 Å². The number of anilines is 2. The van der Waals surface area contributed by atoms with E-state index in [-0.39, 0.29) is 5.91 Å². The van der Waals surface area contributed by atoms with Crippen LogP contribution in [-0.2, 0) is 4.79 Å². The average molecular weight is 539 g/mol. The van der Waals surface area contributed by atoms with E-state index in [1.165, 1.54) is 23.2 Å². The predicted molar refractivity (Wildman–Crippen MR) is 149 cm³/mol. The third-order valence-electron chi connectivity index (χ3n) is 6.48. The molecule has 194 valence electrons. The second kappa shape index (κ2) is 10.1. The summed E-state index contributed by atoms with van der Waals surface area (Å²) in [4.78, 5) is 31.6. The van der Waals surface area contributed by atoms with Crippen molar-refractivity contribution in [1.82, 2.24) is 34.4 Å². The number of pyridine rings is 2. The van der Waals surface area contributed by atoms with Gasteiger partial charge < -0.3 is 15.0 Å². The molecule has 0 fully saturated rings. The van der Waals surface area contributed by atoms with Gasteiger partial charge in [-0.3, -0.25) is 4.79 Å². The second-order valence-electron chi connectivity index (χ2n) is 9.01. The first kappa shape index (κ1) is 24.5. The van der Waals surface area contributed by atoms with Crippen molar-refractivity contribution in [2.24, 2.45) is 0 Å². The van der Waals surface area contributed by atoms with Crippen molar-refractivity contribution in [2.45, 2.75) is 13.3 Å². The van der Waals surface area contributed by atoms with E-state index in [2.05, 4.69) is 31.9 Å². The lowest BCUT2D eigenvalue weighted by Crippen LogP contribution is -2.33. The number of rotatable bonds is 6. The number of carbonyl (C=O) groups excluding carboxylic acids is 1. The molecule has 5 heterocycles. The third kappa shape index (κ3) is 4.89. The Kier molecular flexibility index (Phi) is 6.37. The van der Waals surface area contributed by atoms with E-state index in [1.54, 1.807) is 17.0 Å². The minimum atomic E-state index is -0.0662. The summed E-state index contributed by atoms with van der Waals surface area (Å²) in [6.45, 7) is 6.68. The van der Waals surface area contributed by atoms with Gasteiger partial charge in [-0.05, 0) is 60.9 Å². The van der Waals surface area contributed by atoms with Crippen molar-refractivity contribution in [3.63, 3.8) is 0 Å². The van der Waals surface area contributed by atoms with Crippen LogP contribution in [0, 0.1) is 6.92 Å². The Balaban J connectivity index is 1.24. The number of hydrogen-bond donors (Lipinski definition) is 1. The zero-order chi connectivity index (χ0) is 26.9. The minimum Gasteiger partial charge on any atom is -0.457 e. The molecule has 0 radical (unpaired) electrons. The van der Waals surface area contributed by atoms with Gasteiger partial charge in [0.2, 0.25) is 5.91 Å². The Morgan fingerprint density at radius 3 is 2.82 bits per heavy atom. The Morgan fingerprint density at radius 2 is 2.03 bits per heavy atom. The summed E-state index contributed by atoms with van der Waals surface area (Å²) in [5, 5.41) is 7.86. The van der Waals surface area contributed by atoms with Gasteiger partial charge in [-0.15, -0.1) is 0 Å². The van der Waals surface area contributed by atoms with Gasteiger partial charge in [0.15, 0.2) is 11.5 Å². The van der Waals surface area contributed by atoms with E-state index in [4.69, 9.17) is 21.3 Å². The molecule has 1 N–H and O–H groups in total. The maximum Gasteiger partial charge on any atom is 0.246 e. The summed E-state index contributed by atoms with van der Waals surface area (Å²) in [7, 11) is 0. The highest BCUT2D eigenvalue weighted by Crippen LogP contribution is 2.31. The van der Waals surface area contributed by atoms with Crippen LogP contribution >= 0.6 is 11.6 Å². The number of halogens is 1. The van der Waals surface area contributed by atoms with Crippen LogP contribution in [0.15, 0.2) is 73.9 Å². The molecule has 39 heavy (non-hydrogen) atoms. The van der Waals surface area contributed by atoms with E-state index in [0.29, 0.717) is 53.1 Å². The summed E-state index contributed by atoms with van der Waals surface area (Å²) in [5.41, 5.74) is 5.66. The summed E-state index contributed by atoms with van der Waals surface area (Å²) in [6.07, 6.45) is 7.05. The minimum absolute atomic E-state index is 0.0662. The van der Waals surface area contributed by atoms with Crippen molar-refractivity contribution >= 4 is 51.3 Å². The maximum atomic E-state index is 11.9. The van der Waals surface area contributed by atoms with E-state index in [1.807, 2.05) is 43.3 Å². The van der Waals surface area contributed by atoms with E-state index < -0.39 is 0 Å². The van der Waals surface area contributed by atoms with Gasteiger partial charge in [0.25, 0.3) is 0 Å². The maximum absolute atomic E-state index is 11.9. The number of nitrogens with zero attached hydrogens (tertiary/aromatic N) is 7. The molecule has 0 atom stereocenters. The van der Waals surface area contributed by atoms with Gasteiger partial charge in [-0.2, -0.15) is 5.10 Å². The molecule has 1 aromatic carbocycles. The molecule has 0 spiro atoms. The largest absolute Gasteiger partial charge is 0.457 e. The Labute approximate surface area is 228 Å². The molecule has 0 bridgehead atoms. The first-order valence-electron chi connectivity index (χ1n) is 12.3. The molecule has 1 aliphatic heterocycles. The van der Waals surface area contributed by atoms with Gasteiger partial charge in [-0.25, -0.2) is 24.5 Å².